The molecule has 1 aliphatic carbocycles. The molecular weight excluding hydrogens is 186 g/mol. The van der Waals surface area contributed by atoms with E-state index in [1.807, 2.05) is 0 Å². The van der Waals surface area contributed by atoms with Crippen LogP contribution >= 0.6 is 0 Å². The predicted molar refractivity (Wildman–Crippen MR) is 45.5 cm³/mol. The highest BCUT2D eigenvalue weighted by Gasteiger charge is 2.54. The topological polar surface area (TPSA) is 74.7 Å². The minimum atomic E-state index is -1.000. The molecule has 1 saturated heterocycles. The highest BCUT2D eigenvalue weighted by Crippen LogP contribution is 2.40. The number of piperidine rings is 1. The maximum absolute atomic E-state index is 11.3. The SMILES string of the molecule is CC(=O)N1[C@H](C(=O)O)[C@H]2CC(=O)[C@@H]1C2. The van der Waals surface area contributed by atoms with Crippen molar-refractivity contribution in [2.75, 3.05) is 0 Å². The molecule has 0 aromatic heterocycles. The Kier molecular flexibility index (Phi) is 1.83. The first-order chi connectivity index (χ1) is 6.52. The summed E-state index contributed by atoms with van der Waals surface area (Å²) >= 11 is 0. The van der Waals surface area contributed by atoms with Gasteiger partial charge >= 0.3 is 5.97 Å². The van der Waals surface area contributed by atoms with Gasteiger partial charge < -0.3 is 10.0 Å². The van der Waals surface area contributed by atoms with Crippen LogP contribution in [0, 0.1) is 5.92 Å². The number of hydrogen-bond donors (Lipinski definition) is 1. The summed E-state index contributed by atoms with van der Waals surface area (Å²) in [5.74, 6) is -1.49. The largest absolute Gasteiger partial charge is 0.480 e. The van der Waals surface area contributed by atoms with Gasteiger partial charge in [0.15, 0.2) is 5.78 Å². The summed E-state index contributed by atoms with van der Waals surface area (Å²) in [5, 5.41) is 8.94. The second-order valence-electron chi connectivity index (χ2n) is 3.89. The molecule has 14 heavy (non-hydrogen) atoms. The van der Waals surface area contributed by atoms with Gasteiger partial charge in [-0.25, -0.2) is 4.79 Å². The molecule has 1 N–H and O–H groups in total. The number of carboxylic acid groups (broad SMARTS) is 1. The van der Waals surface area contributed by atoms with Crippen LogP contribution < -0.4 is 0 Å². The molecule has 1 aliphatic heterocycles. The fourth-order valence-corrected chi connectivity index (χ4v) is 2.56. The summed E-state index contributed by atoms with van der Waals surface area (Å²) in [7, 11) is 0. The van der Waals surface area contributed by atoms with Crippen LogP contribution in [0.5, 0.6) is 0 Å². The normalized spacial score (nSPS) is 35.1. The van der Waals surface area contributed by atoms with Gasteiger partial charge in [0.1, 0.15) is 6.04 Å². The molecule has 3 atom stereocenters. The monoisotopic (exact) mass is 197 g/mol. The summed E-state index contributed by atoms with van der Waals surface area (Å²) in [6.45, 7) is 1.31. The number of rotatable bonds is 1. The molecule has 2 bridgehead atoms. The minimum absolute atomic E-state index is 0.00250. The number of amides is 1. The van der Waals surface area contributed by atoms with Crippen LogP contribution in [0.4, 0.5) is 0 Å². The molecule has 0 aromatic carbocycles. The summed E-state index contributed by atoms with van der Waals surface area (Å²) in [6, 6.07) is -1.26. The van der Waals surface area contributed by atoms with Crippen molar-refractivity contribution in [1.29, 1.82) is 0 Å². The maximum atomic E-state index is 11.3. The molecule has 5 nitrogen and oxygen atoms in total. The number of carbonyl (C=O) groups is 3. The number of hydrogen-bond acceptors (Lipinski definition) is 3. The zero-order valence-corrected chi connectivity index (χ0v) is 7.77. The minimum Gasteiger partial charge on any atom is -0.480 e. The third-order valence-electron chi connectivity index (χ3n) is 3.06. The van der Waals surface area contributed by atoms with Crippen molar-refractivity contribution in [3.05, 3.63) is 0 Å². The molecule has 0 radical (unpaired) electrons. The highest BCUT2D eigenvalue weighted by molar-refractivity contribution is 5.96. The van der Waals surface area contributed by atoms with Gasteiger partial charge in [-0.3, -0.25) is 9.59 Å². The van der Waals surface area contributed by atoms with Gasteiger partial charge in [0.25, 0.3) is 0 Å². The number of nitrogens with zero attached hydrogens (tertiary/aromatic N) is 1. The van der Waals surface area contributed by atoms with Gasteiger partial charge in [-0.2, -0.15) is 0 Å². The Morgan fingerprint density at radius 3 is 2.64 bits per heavy atom. The number of fused-ring (bicyclic) bond motifs is 2. The second-order valence-corrected chi connectivity index (χ2v) is 3.89. The molecule has 0 spiro atoms. The zero-order valence-electron chi connectivity index (χ0n) is 7.77. The summed E-state index contributed by atoms with van der Waals surface area (Å²) in [5.41, 5.74) is 0. The predicted octanol–water partition coefficient (Wildman–Crippen LogP) is -0.351. The van der Waals surface area contributed by atoms with Crippen molar-refractivity contribution in [1.82, 2.24) is 4.90 Å². The third-order valence-corrected chi connectivity index (χ3v) is 3.06. The molecule has 1 heterocycles. The fraction of sp³-hybridized carbons (Fsp3) is 0.667. The molecule has 0 unspecified atom stereocenters. The number of carboxylic acids is 1. The quantitative estimate of drug-likeness (QED) is 0.623. The van der Waals surface area contributed by atoms with E-state index in [0.717, 1.165) is 0 Å². The number of likely N-dealkylation sites (tertiary alicyclic amines) is 1. The molecule has 2 rings (SSSR count). The van der Waals surface area contributed by atoms with E-state index in [9.17, 15) is 14.4 Å². The van der Waals surface area contributed by atoms with E-state index in [2.05, 4.69) is 0 Å². The van der Waals surface area contributed by atoms with Crippen molar-refractivity contribution in [3.63, 3.8) is 0 Å². The standard InChI is InChI=1S/C9H11NO4/c1-4(11)10-6-2-5(3-7(6)12)8(10)9(13)14/h5-6,8H,2-3H2,1H3,(H,13,14)/t5-,6+,8+/m1/s1. The summed E-state index contributed by atoms with van der Waals surface area (Å²) < 4.78 is 0. The van der Waals surface area contributed by atoms with E-state index < -0.39 is 18.1 Å². The summed E-state index contributed by atoms with van der Waals surface area (Å²) in [4.78, 5) is 34.7. The van der Waals surface area contributed by atoms with Gasteiger partial charge in [0.05, 0.1) is 6.04 Å². The van der Waals surface area contributed by atoms with E-state index in [0.29, 0.717) is 12.8 Å². The molecule has 0 aromatic rings. The van der Waals surface area contributed by atoms with Gasteiger partial charge in [0, 0.05) is 13.3 Å². The Hall–Kier alpha value is -1.39. The molecule has 76 valence electrons. The van der Waals surface area contributed by atoms with Crippen LogP contribution in [0.2, 0.25) is 0 Å². The average molecular weight is 197 g/mol. The number of carbonyl (C=O) groups excluding carboxylic acids is 2. The van der Waals surface area contributed by atoms with Crippen molar-refractivity contribution >= 4 is 17.7 Å². The van der Waals surface area contributed by atoms with Gasteiger partial charge in [-0.05, 0) is 12.3 Å². The Morgan fingerprint density at radius 1 is 1.50 bits per heavy atom. The Balaban J connectivity index is 2.32. The van der Waals surface area contributed by atoms with Crippen LogP contribution in [-0.4, -0.2) is 39.7 Å². The van der Waals surface area contributed by atoms with Crippen molar-refractivity contribution in [3.8, 4) is 0 Å². The summed E-state index contributed by atoms with van der Waals surface area (Å²) in [6.07, 6.45) is 0.834. The van der Waals surface area contributed by atoms with E-state index in [1.165, 1.54) is 11.8 Å². The van der Waals surface area contributed by atoms with Crippen molar-refractivity contribution in [2.45, 2.75) is 31.8 Å². The van der Waals surface area contributed by atoms with Crippen LogP contribution in [0.25, 0.3) is 0 Å². The Bertz CT molecular complexity index is 325. The smallest absolute Gasteiger partial charge is 0.326 e. The van der Waals surface area contributed by atoms with E-state index >= 15 is 0 Å². The molecular formula is C9H11NO4. The van der Waals surface area contributed by atoms with E-state index in [-0.39, 0.29) is 17.6 Å². The first-order valence-corrected chi connectivity index (χ1v) is 4.56. The van der Waals surface area contributed by atoms with Gasteiger partial charge in [-0.1, -0.05) is 0 Å². The third kappa shape index (κ3) is 1.05. The van der Waals surface area contributed by atoms with Gasteiger partial charge in [0.2, 0.25) is 5.91 Å². The Morgan fingerprint density at radius 2 is 2.14 bits per heavy atom. The number of Topliss-reactive ketones (excluding diaryl/α,β-unsaturated/α-hetero) is 1. The first-order valence-electron chi connectivity index (χ1n) is 4.56. The lowest BCUT2D eigenvalue weighted by atomic mass is 9.98. The van der Waals surface area contributed by atoms with Crippen LogP contribution in [-0.2, 0) is 14.4 Å². The fourth-order valence-electron chi connectivity index (χ4n) is 2.56. The lowest BCUT2D eigenvalue weighted by Crippen LogP contribution is -2.51. The Labute approximate surface area is 80.7 Å². The zero-order chi connectivity index (χ0) is 10.5. The van der Waals surface area contributed by atoms with Crippen molar-refractivity contribution in [2.24, 2.45) is 5.92 Å². The lowest BCUT2D eigenvalue weighted by molar-refractivity contribution is -0.153. The van der Waals surface area contributed by atoms with Crippen LogP contribution in [0.15, 0.2) is 0 Å². The van der Waals surface area contributed by atoms with E-state index in [1.54, 1.807) is 0 Å². The lowest BCUT2D eigenvalue weighted by Gasteiger charge is -2.30. The maximum Gasteiger partial charge on any atom is 0.326 e. The molecule has 1 saturated carbocycles. The first kappa shape index (κ1) is 9.18. The molecule has 5 heteroatoms. The van der Waals surface area contributed by atoms with E-state index in [4.69, 9.17) is 5.11 Å². The second kappa shape index (κ2) is 2.80. The number of aliphatic carboxylic acids is 1. The number of ketones is 1. The molecule has 2 aliphatic rings. The van der Waals surface area contributed by atoms with Gasteiger partial charge in [-0.15, -0.1) is 0 Å². The highest BCUT2D eigenvalue weighted by atomic mass is 16.4. The molecule has 1 amide bonds. The van der Waals surface area contributed by atoms with Crippen LogP contribution in [0.3, 0.4) is 0 Å². The van der Waals surface area contributed by atoms with Crippen molar-refractivity contribution < 1.29 is 19.5 Å². The van der Waals surface area contributed by atoms with Crippen LogP contribution in [0.1, 0.15) is 19.8 Å². The average Bonchev–Trinajstić information content (AvgIpc) is 2.58. The molecule has 2 fully saturated rings.